The molecule has 1 saturated heterocycles. The molecule has 0 spiro atoms. The Balaban J connectivity index is 1.79. The van der Waals surface area contributed by atoms with Crippen molar-refractivity contribution in [1.29, 1.82) is 0 Å². The second kappa shape index (κ2) is 9.58. The summed E-state index contributed by atoms with van der Waals surface area (Å²) in [4.78, 5) is 39.6. The lowest BCUT2D eigenvalue weighted by atomic mass is 9.80. The maximum Gasteiger partial charge on any atom is 0.308 e. The lowest BCUT2D eigenvalue weighted by Gasteiger charge is -2.34. The second-order valence-corrected chi connectivity index (χ2v) is 10.4. The van der Waals surface area contributed by atoms with E-state index in [1.165, 1.54) is 7.11 Å². The minimum Gasteiger partial charge on any atom is -0.469 e. The number of carbonyl (C=O) groups is 3. The van der Waals surface area contributed by atoms with Gasteiger partial charge in [0.15, 0.2) is 0 Å². The lowest BCUT2D eigenvalue weighted by molar-refractivity contribution is -0.146. The van der Waals surface area contributed by atoms with Crippen LogP contribution in [0.4, 0.5) is 0 Å². The van der Waals surface area contributed by atoms with Crippen LogP contribution in [0.15, 0.2) is 6.20 Å². The number of nitrogens with one attached hydrogen (secondary N) is 1. The molecule has 3 rings (SSSR count). The maximum atomic E-state index is 13.7. The number of ether oxygens (including phenoxy) is 1. The quantitative estimate of drug-likeness (QED) is 0.694. The Bertz CT molecular complexity index is 838. The predicted molar refractivity (Wildman–Crippen MR) is 119 cm³/mol. The molecule has 9 heteroatoms. The number of aromatic nitrogens is 3. The Labute approximate surface area is 190 Å². The Morgan fingerprint density at radius 1 is 1.19 bits per heavy atom. The highest BCUT2D eigenvalue weighted by Gasteiger charge is 2.44. The number of hydrogen-bond acceptors (Lipinski definition) is 6. The van der Waals surface area contributed by atoms with E-state index >= 15 is 0 Å². The van der Waals surface area contributed by atoms with Crippen molar-refractivity contribution in [1.82, 2.24) is 25.2 Å². The number of rotatable bonds is 5. The minimum atomic E-state index is -0.562. The zero-order valence-corrected chi connectivity index (χ0v) is 20.1. The standard InChI is InChI=1S/C23H37N5O4/c1-14-11-18(20(29)24-5)27(12-14)21(30)19(23(2,3)4)28-13-17(25-26-28)15-7-9-16(10-8-15)22(31)32-6/h13-16,18-19H,7-12H2,1-6H3,(H,24,29). The summed E-state index contributed by atoms with van der Waals surface area (Å²) in [5, 5.41) is 11.5. The van der Waals surface area contributed by atoms with Crippen LogP contribution in [0.2, 0.25) is 0 Å². The number of likely N-dealkylation sites (tertiary alicyclic amines) is 1. The van der Waals surface area contributed by atoms with Gasteiger partial charge in [-0.3, -0.25) is 14.4 Å². The number of esters is 1. The number of likely N-dealkylation sites (N-methyl/N-ethyl adjacent to an activating group) is 1. The zero-order chi connectivity index (χ0) is 23.6. The van der Waals surface area contributed by atoms with Crippen LogP contribution in [0.5, 0.6) is 0 Å². The number of nitrogens with zero attached hydrogens (tertiary/aromatic N) is 4. The third-order valence-corrected chi connectivity index (χ3v) is 6.87. The Hall–Kier alpha value is -2.45. The van der Waals surface area contributed by atoms with Crippen LogP contribution >= 0.6 is 0 Å². The summed E-state index contributed by atoms with van der Waals surface area (Å²) in [6.07, 6.45) is 5.76. The van der Waals surface area contributed by atoms with Gasteiger partial charge in [-0.1, -0.05) is 32.9 Å². The Morgan fingerprint density at radius 2 is 1.84 bits per heavy atom. The van der Waals surface area contributed by atoms with Gasteiger partial charge >= 0.3 is 5.97 Å². The fraction of sp³-hybridized carbons (Fsp3) is 0.783. The maximum absolute atomic E-state index is 13.7. The molecule has 9 nitrogen and oxygen atoms in total. The van der Waals surface area contributed by atoms with E-state index in [4.69, 9.17) is 4.74 Å². The van der Waals surface area contributed by atoms with Crippen molar-refractivity contribution >= 4 is 17.8 Å². The first-order valence-corrected chi connectivity index (χ1v) is 11.6. The molecule has 0 aromatic carbocycles. The molecule has 1 aliphatic carbocycles. The van der Waals surface area contributed by atoms with Gasteiger partial charge in [-0.25, -0.2) is 4.68 Å². The van der Waals surface area contributed by atoms with Crippen molar-refractivity contribution < 1.29 is 19.1 Å². The molecule has 1 aromatic rings. The molecular formula is C23H37N5O4. The van der Waals surface area contributed by atoms with E-state index in [9.17, 15) is 14.4 Å². The van der Waals surface area contributed by atoms with Gasteiger partial charge in [0.05, 0.1) is 18.7 Å². The van der Waals surface area contributed by atoms with E-state index in [2.05, 4.69) is 22.6 Å². The Kier molecular flexibility index (Phi) is 7.25. The van der Waals surface area contributed by atoms with Gasteiger partial charge in [-0.15, -0.1) is 5.10 Å². The lowest BCUT2D eigenvalue weighted by Crippen LogP contribution is -2.49. The highest BCUT2D eigenvalue weighted by molar-refractivity contribution is 5.90. The van der Waals surface area contributed by atoms with E-state index in [-0.39, 0.29) is 35.5 Å². The topological polar surface area (TPSA) is 106 Å². The summed E-state index contributed by atoms with van der Waals surface area (Å²) in [5.41, 5.74) is 0.442. The van der Waals surface area contributed by atoms with Crippen molar-refractivity contribution in [3.63, 3.8) is 0 Å². The highest BCUT2D eigenvalue weighted by Crippen LogP contribution is 2.38. The van der Waals surface area contributed by atoms with Crippen LogP contribution in [0, 0.1) is 17.3 Å². The molecule has 2 aliphatic rings. The minimum absolute atomic E-state index is 0.0472. The molecule has 32 heavy (non-hydrogen) atoms. The number of amides is 2. The van der Waals surface area contributed by atoms with Crippen LogP contribution in [0.25, 0.3) is 0 Å². The number of hydrogen-bond donors (Lipinski definition) is 1. The van der Waals surface area contributed by atoms with Gasteiger partial charge in [0.25, 0.3) is 0 Å². The molecule has 3 unspecified atom stereocenters. The van der Waals surface area contributed by atoms with Gasteiger partial charge in [0.2, 0.25) is 11.8 Å². The first kappa shape index (κ1) is 24.2. The number of carbonyl (C=O) groups excluding carboxylic acids is 3. The molecule has 1 aliphatic heterocycles. The largest absolute Gasteiger partial charge is 0.469 e. The highest BCUT2D eigenvalue weighted by atomic mass is 16.5. The van der Waals surface area contributed by atoms with Gasteiger partial charge in [-0.2, -0.15) is 0 Å². The van der Waals surface area contributed by atoms with Crippen molar-refractivity contribution in [3.05, 3.63) is 11.9 Å². The van der Waals surface area contributed by atoms with Gasteiger partial charge < -0.3 is 15.0 Å². The molecule has 0 bridgehead atoms. The van der Waals surface area contributed by atoms with Crippen molar-refractivity contribution in [3.8, 4) is 0 Å². The summed E-state index contributed by atoms with van der Waals surface area (Å²) in [7, 11) is 3.04. The third-order valence-electron chi connectivity index (χ3n) is 6.87. The molecular weight excluding hydrogens is 410 g/mol. The SMILES string of the molecule is CNC(=O)C1CC(C)CN1C(=O)C(n1cc(C2CCC(C(=O)OC)CC2)nn1)C(C)(C)C. The van der Waals surface area contributed by atoms with Gasteiger partial charge in [0, 0.05) is 25.7 Å². The summed E-state index contributed by atoms with van der Waals surface area (Å²) < 4.78 is 6.55. The normalized spacial score (nSPS) is 27.1. The van der Waals surface area contributed by atoms with E-state index in [1.54, 1.807) is 16.6 Å². The summed E-state index contributed by atoms with van der Waals surface area (Å²) in [6, 6.07) is -1.02. The molecule has 1 aromatic heterocycles. The van der Waals surface area contributed by atoms with E-state index in [0.717, 1.165) is 31.4 Å². The van der Waals surface area contributed by atoms with Crippen LogP contribution in [0.3, 0.4) is 0 Å². The van der Waals surface area contributed by atoms with Gasteiger partial charge in [0.1, 0.15) is 12.1 Å². The zero-order valence-electron chi connectivity index (χ0n) is 20.1. The Morgan fingerprint density at radius 3 is 2.41 bits per heavy atom. The molecule has 1 N–H and O–H groups in total. The van der Waals surface area contributed by atoms with Crippen LogP contribution in [-0.2, 0) is 19.1 Å². The fourth-order valence-electron chi connectivity index (χ4n) is 5.14. The van der Waals surface area contributed by atoms with E-state index < -0.39 is 17.5 Å². The molecule has 178 valence electrons. The smallest absolute Gasteiger partial charge is 0.308 e. The number of methoxy groups -OCH3 is 1. The van der Waals surface area contributed by atoms with E-state index in [0.29, 0.717) is 13.0 Å². The molecule has 0 radical (unpaired) electrons. The summed E-state index contributed by atoms with van der Waals surface area (Å²) in [6.45, 7) is 8.64. The molecule has 3 atom stereocenters. The third kappa shape index (κ3) is 4.96. The van der Waals surface area contributed by atoms with Crippen molar-refractivity contribution in [2.24, 2.45) is 17.3 Å². The van der Waals surface area contributed by atoms with Gasteiger partial charge in [-0.05, 0) is 43.4 Å². The van der Waals surface area contributed by atoms with Crippen LogP contribution < -0.4 is 5.32 Å². The van der Waals surface area contributed by atoms with Crippen LogP contribution in [-0.4, -0.2) is 64.4 Å². The second-order valence-electron chi connectivity index (χ2n) is 10.4. The molecule has 2 amide bonds. The van der Waals surface area contributed by atoms with Crippen molar-refractivity contribution in [2.75, 3.05) is 20.7 Å². The monoisotopic (exact) mass is 447 g/mol. The average molecular weight is 448 g/mol. The molecule has 2 fully saturated rings. The fourth-order valence-corrected chi connectivity index (χ4v) is 5.14. The average Bonchev–Trinajstić information content (AvgIpc) is 3.38. The summed E-state index contributed by atoms with van der Waals surface area (Å²) >= 11 is 0. The predicted octanol–water partition coefficient (Wildman–Crippen LogP) is 2.30. The van der Waals surface area contributed by atoms with Crippen LogP contribution in [0.1, 0.15) is 77.5 Å². The molecule has 2 heterocycles. The van der Waals surface area contributed by atoms with E-state index in [1.807, 2.05) is 27.0 Å². The first-order valence-electron chi connectivity index (χ1n) is 11.6. The molecule has 1 saturated carbocycles. The summed E-state index contributed by atoms with van der Waals surface area (Å²) in [5.74, 6) is 0.0623. The first-order chi connectivity index (χ1) is 15.1. The van der Waals surface area contributed by atoms with Crippen molar-refractivity contribution in [2.45, 2.75) is 77.8 Å².